The molecule has 0 fully saturated rings. The number of hydrogen-bond donors (Lipinski definition) is 0. The Balaban J connectivity index is 1.43. The zero-order valence-electron chi connectivity index (χ0n) is 16.4. The molecule has 32 heavy (non-hydrogen) atoms. The third-order valence-corrected chi connectivity index (χ3v) is 6.11. The zero-order chi connectivity index (χ0) is 22.2. The molecule has 0 radical (unpaired) electrons. The number of thioether (sulfide) groups is 1. The summed E-state index contributed by atoms with van der Waals surface area (Å²) in [6.45, 7) is -0.0135. The van der Waals surface area contributed by atoms with Crippen molar-refractivity contribution in [1.82, 2.24) is 15.0 Å². The lowest BCUT2D eigenvalue weighted by Crippen LogP contribution is -2.54. The van der Waals surface area contributed by atoms with Gasteiger partial charge in [0, 0.05) is 5.56 Å². The number of carbonyl (C=O) groups excluding carboxylic acids is 2. The minimum atomic E-state index is -0.562. The average molecular weight is 453 g/mol. The van der Waals surface area contributed by atoms with Crippen LogP contribution in [-0.2, 0) is 17.9 Å². The molecule has 2 aromatic carbocycles. The minimum Gasteiger partial charge on any atom is -0.335 e. The average Bonchev–Trinajstić information content (AvgIpc) is 3.46. The molecule has 10 heteroatoms. The molecule has 1 unspecified atom stereocenters. The second-order valence-electron chi connectivity index (χ2n) is 7.18. The molecule has 1 atom stereocenters. The van der Waals surface area contributed by atoms with E-state index in [1.54, 1.807) is 11.5 Å². The van der Waals surface area contributed by atoms with Crippen LogP contribution in [0.5, 0.6) is 0 Å². The highest BCUT2D eigenvalue weighted by Crippen LogP contribution is 2.29. The van der Waals surface area contributed by atoms with E-state index in [4.69, 9.17) is 4.52 Å². The van der Waals surface area contributed by atoms with Crippen LogP contribution in [0.4, 0.5) is 13.6 Å². The van der Waals surface area contributed by atoms with Crippen LogP contribution in [0.15, 0.2) is 64.5 Å². The van der Waals surface area contributed by atoms with Crippen LogP contribution in [0.3, 0.4) is 0 Å². The van der Waals surface area contributed by atoms with Crippen molar-refractivity contribution in [2.75, 3.05) is 0 Å². The Morgan fingerprint density at radius 1 is 1.03 bits per heavy atom. The Morgan fingerprint density at radius 3 is 2.44 bits per heavy atom. The van der Waals surface area contributed by atoms with Crippen molar-refractivity contribution in [1.29, 1.82) is 0 Å². The van der Waals surface area contributed by atoms with Crippen molar-refractivity contribution in [2.24, 2.45) is 0 Å². The predicted molar refractivity (Wildman–Crippen MR) is 112 cm³/mol. The molecule has 0 saturated heterocycles. The zero-order valence-corrected chi connectivity index (χ0v) is 17.3. The number of urea groups is 1. The Bertz CT molecular complexity index is 1270. The van der Waals surface area contributed by atoms with Gasteiger partial charge in [0.05, 0.1) is 0 Å². The number of fused-ring (bicyclic) bond motifs is 1. The Labute approximate surface area is 185 Å². The Hall–Kier alpha value is -3.66. The first kappa shape index (κ1) is 20.3. The van der Waals surface area contributed by atoms with E-state index in [0.29, 0.717) is 16.8 Å². The van der Waals surface area contributed by atoms with Crippen LogP contribution >= 0.6 is 11.8 Å². The van der Waals surface area contributed by atoms with E-state index in [-0.39, 0.29) is 36.5 Å². The minimum absolute atomic E-state index is 0.0173. The first-order valence-corrected chi connectivity index (χ1v) is 10.6. The monoisotopic (exact) mass is 453 g/mol. The highest BCUT2D eigenvalue weighted by atomic mass is 32.2. The quantitative estimate of drug-likeness (QED) is 0.548. The van der Waals surface area contributed by atoms with Gasteiger partial charge in [-0.15, -0.1) is 11.8 Å². The summed E-state index contributed by atoms with van der Waals surface area (Å²) in [5.74, 6) is -0.675. The molecule has 7 nitrogen and oxygen atoms in total. The fourth-order valence-corrected chi connectivity index (χ4v) is 4.46. The fourth-order valence-electron chi connectivity index (χ4n) is 3.50. The van der Waals surface area contributed by atoms with Gasteiger partial charge in [-0.2, -0.15) is 19.3 Å². The molecule has 0 saturated carbocycles. The van der Waals surface area contributed by atoms with Gasteiger partial charge in [-0.25, -0.2) is 13.6 Å². The van der Waals surface area contributed by atoms with Crippen molar-refractivity contribution < 1.29 is 27.5 Å². The van der Waals surface area contributed by atoms with Gasteiger partial charge in [-0.3, -0.25) is 0 Å². The van der Waals surface area contributed by atoms with E-state index < -0.39 is 17.1 Å². The first-order valence-electron chi connectivity index (χ1n) is 9.64. The van der Waals surface area contributed by atoms with E-state index in [1.165, 1.54) is 64.9 Å². The summed E-state index contributed by atoms with van der Waals surface area (Å²) in [6, 6.07) is 10.7. The summed E-state index contributed by atoms with van der Waals surface area (Å²) in [5.41, 5.74) is 1.74. The molecule has 0 spiro atoms. The van der Waals surface area contributed by atoms with E-state index in [1.807, 2.05) is 0 Å². The van der Waals surface area contributed by atoms with Crippen molar-refractivity contribution >= 4 is 29.4 Å². The largest absolute Gasteiger partial charge is 0.501 e. The molecule has 3 heterocycles. The highest BCUT2D eigenvalue weighted by Gasteiger charge is 2.49. The highest BCUT2D eigenvalue weighted by molar-refractivity contribution is 8.04. The predicted octanol–water partition coefficient (Wildman–Crippen LogP) is 3.76. The third kappa shape index (κ3) is 3.73. The summed E-state index contributed by atoms with van der Waals surface area (Å²) in [4.78, 5) is 31.6. The number of allylic oxidation sites excluding steroid dienone is 1. The molecule has 5 rings (SSSR count). The van der Waals surface area contributed by atoms with E-state index >= 15 is 0 Å². The lowest BCUT2D eigenvalue weighted by Gasteiger charge is -2.23. The van der Waals surface area contributed by atoms with Crippen LogP contribution in [0, 0.1) is 11.6 Å². The number of imide groups is 1. The van der Waals surface area contributed by atoms with Crippen LogP contribution in [0.2, 0.25) is 0 Å². The standard InChI is InChI=1S/C22H15F2N4O3S/c23-15-5-1-13(2-6-15)11-28-21(29)19-17(9-10-32-19)27(22(28)30)12-18-25-20(26-31-18)14-3-7-16(24)8-4-14/h1-10,19H,11-12H2/q+1. The van der Waals surface area contributed by atoms with Crippen LogP contribution in [0.1, 0.15) is 11.5 Å². The maximum absolute atomic E-state index is 13.2. The molecule has 0 aliphatic carbocycles. The van der Waals surface area contributed by atoms with E-state index in [2.05, 4.69) is 10.1 Å². The summed E-state index contributed by atoms with van der Waals surface area (Å²) >= 11 is 1.31. The maximum Gasteiger partial charge on any atom is 0.501 e. The number of nitrogens with zero attached hydrogens (tertiary/aromatic N) is 4. The number of benzene rings is 2. The molecular formula is C22H15F2N4O3S+. The number of amides is 3. The number of carbonyl (C=O) groups is 2. The maximum atomic E-state index is 13.2. The topological polar surface area (TPSA) is 79.3 Å². The summed E-state index contributed by atoms with van der Waals surface area (Å²) in [6.07, 6.45) is 1.72. The Kier molecular flexibility index (Phi) is 5.14. The lowest BCUT2D eigenvalue weighted by atomic mass is 10.1. The van der Waals surface area contributed by atoms with E-state index in [9.17, 15) is 18.4 Å². The molecule has 3 aromatic rings. The van der Waals surface area contributed by atoms with Crippen molar-refractivity contribution in [3.8, 4) is 11.4 Å². The summed E-state index contributed by atoms with van der Waals surface area (Å²) in [7, 11) is 0. The number of rotatable bonds is 5. The van der Waals surface area contributed by atoms with Crippen molar-refractivity contribution in [3.05, 3.63) is 83.1 Å². The fraction of sp³-hybridized carbons (Fsp3) is 0.136. The van der Waals surface area contributed by atoms with Crippen LogP contribution in [0.25, 0.3) is 11.4 Å². The van der Waals surface area contributed by atoms with Gasteiger partial charge in [-0.05, 0) is 53.4 Å². The molecular weight excluding hydrogens is 438 g/mol. The second-order valence-corrected chi connectivity index (χ2v) is 8.20. The van der Waals surface area contributed by atoms with E-state index in [0.717, 1.165) is 4.90 Å². The van der Waals surface area contributed by atoms with Gasteiger partial charge in [0.2, 0.25) is 5.82 Å². The Morgan fingerprint density at radius 2 is 1.72 bits per heavy atom. The third-order valence-electron chi connectivity index (χ3n) is 5.10. The van der Waals surface area contributed by atoms with Crippen LogP contribution < -0.4 is 0 Å². The molecule has 0 bridgehead atoms. The number of hydrogen-bond acceptors (Lipinski definition) is 6. The number of halogens is 2. The van der Waals surface area contributed by atoms with Gasteiger partial charge < -0.3 is 4.52 Å². The SMILES string of the molecule is O=C1C2SC=CC2=[N+](Cc2nc(-c3ccc(F)cc3)no2)C(=O)N1Cc1ccc(F)cc1. The molecule has 160 valence electrons. The summed E-state index contributed by atoms with van der Waals surface area (Å²) < 4.78 is 33.1. The van der Waals surface area contributed by atoms with Gasteiger partial charge >= 0.3 is 11.9 Å². The lowest BCUT2D eigenvalue weighted by molar-refractivity contribution is -0.458. The van der Waals surface area contributed by atoms with Gasteiger partial charge in [0.1, 0.15) is 23.9 Å². The smallest absolute Gasteiger partial charge is 0.335 e. The van der Waals surface area contributed by atoms with Crippen LogP contribution in [-0.4, -0.2) is 42.5 Å². The molecule has 2 aliphatic rings. The van der Waals surface area contributed by atoms with Gasteiger partial charge in [-0.1, -0.05) is 17.3 Å². The molecule has 3 amide bonds. The molecule has 2 aliphatic heterocycles. The van der Waals surface area contributed by atoms with Gasteiger partial charge in [0.15, 0.2) is 11.8 Å². The van der Waals surface area contributed by atoms with Crippen molar-refractivity contribution in [3.63, 3.8) is 0 Å². The number of aromatic nitrogens is 2. The molecule has 0 N–H and O–H groups in total. The first-order chi connectivity index (χ1) is 15.5. The normalized spacial score (nSPS) is 17.9. The summed E-state index contributed by atoms with van der Waals surface area (Å²) in [5, 5.41) is 5.11. The van der Waals surface area contributed by atoms with Crippen molar-refractivity contribution in [2.45, 2.75) is 18.3 Å². The molecule has 1 aromatic heterocycles. The van der Waals surface area contributed by atoms with Gasteiger partial charge in [0.25, 0.3) is 5.89 Å². The second kappa shape index (κ2) is 8.12.